The Bertz CT molecular complexity index is 1260. The average molecular weight is 400 g/mol. The average Bonchev–Trinajstić information content (AvgIpc) is 3.10. The number of benzene rings is 1. The lowest BCUT2D eigenvalue weighted by Crippen LogP contribution is -2.25. The molecule has 8 nitrogen and oxygen atoms in total. The number of rotatable bonds is 5. The second kappa shape index (κ2) is 6.42. The summed E-state index contributed by atoms with van der Waals surface area (Å²) < 4.78 is 14.0. The normalized spacial score (nSPS) is 19.0. The first-order valence-electron chi connectivity index (χ1n) is 9.10. The van der Waals surface area contributed by atoms with Crippen LogP contribution in [-0.4, -0.2) is 37.8 Å². The maximum Gasteiger partial charge on any atom is 0.277 e. The molecule has 1 aliphatic rings. The van der Waals surface area contributed by atoms with Crippen LogP contribution >= 0.6 is 11.6 Å². The lowest BCUT2D eigenvalue weighted by molar-refractivity contribution is 0.187. The van der Waals surface area contributed by atoms with Crippen LogP contribution in [0.4, 0.5) is 0 Å². The summed E-state index contributed by atoms with van der Waals surface area (Å²) in [4.78, 5) is 22.3. The highest BCUT2D eigenvalue weighted by molar-refractivity contribution is 6.31. The van der Waals surface area contributed by atoms with E-state index in [9.17, 15) is 4.79 Å². The first kappa shape index (κ1) is 17.4. The summed E-state index contributed by atoms with van der Waals surface area (Å²) in [6.07, 6.45) is 2.65. The molecule has 5 rings (SSSR count). The SMILES string of the molecule is COCCn1c(=O)c2c(-c3noc(C4CC4C)n3)ncn2c2ccc(Cl)cc21. The fraction of sp³-hybridized carbons (Fsp3) is 0.368. The molecule has 2 atom stereocenters. The summed E-state index contributed by atoms with van der Waals surface area (Å²) in [6.45, 7) is 2.93. The molecule has 1 fully saturated rings. The molecule has 0 aliphatic heterocycles. The van der Waals surface area contributed by atoms with Crippen LogP contribution in [-0.2, 0) is 11.3 Å². The molecule has 4 aromatic rings. The summed E-state index contributed by atoms with van der Waals surface area (Å²) in [5.74, 6) is 1.79. The standard InChI is InChI=1S/C19H18ClN5O3/c1-10-7-12(10)18-22-17(23-28-18)15-16-19(26)24(5-6-27-2)14-8-11(20)3-4-13(14)25(16)9-21-15/h3-4,8-10,12H,5-7H2,1-2H3. The van der Waals surface area contributed by atoms with E-state index in [0.717, 1.165) is 11.9 Å². The largest absolute Gasteiger partial charge is 0.383 e. The third-order valence-corrected chi connectivity index (χ3v) is 5.54. The van der Waals surface area contributed by atoms with Crippen LogP contribution in [0, 0.1) is 5.92 Å². The van der Waals surface area contributed by atoms with E-state index in [4.69, 9.17) is 20.9 Å². The molecule has 1 aliphatic carbocycles. The quantitative estimate of drug-likeness (QED) is 0.512. The molecule has 0 bridgehead atoms. The van der Waals surface area contributed by atoms with Crippen LogP contribution in [0.5, 0.6) is 0 Å². The van der Waals surface area contributed by atoms with Crippen LogP contribution in [0.3, 0.4) is 0 Å². The lowest BCUT2D eigenvalue weighted by atomic mass is 10.2. The van der Waals surface area contributed by atoms with Crippen molar-refractivity contribution in [3.05, 3.63) is 45.8 Å². The Kier molecular flexibility index (Phi) is 3.99. The monoisotopic (exact) mass is 399 g/mol. The summed E-state index contributed by atoms with van der Waals surface area (Å²) >= 11 is 6.18. The Morgan fingerprint density at radius 2 is 2.18 bits per heavy atom. The van der Waals surface area contributed by atoms with E-state index in [1.165, 1.54) is 0 Å². The molecule has 2 unspecified atom stereocenters. The number of hydrogen-bond acceptors (Lipinski definition) is 6. The van der Waals surface area contributed by atoms with Gasteiger partial charge < -0.3 is 13.8 Å². The minimum atomic E-state index is -0.203. The summed E-state index contributed by atoms with van der Waals surface area (Å²) in [7, 11) is 1.60. The molecule has 28 heavy (non-hydrogen) atoms. The van der Waals surface area contributed by atoms with Gasteiger partial charge in [-0.05, 0) is 30.5 Å². The molecule has 3 aromatic heterocycles. The molecular formula is C19H18ClN5O3. The molecule has 0 N–H and O–H groups in total. The Hall–Kier alpha value is -2.71. The molecule has 0 amide bonds. The van der Waals surface area contributed by atoms with Gasteiger partial charge in [0.15, 0.2) is 0 Å². The number of fused-ring (bicyclic) bond motifs is 3. The van der Waals surface area contributed by atoms with E-state index >= 15 is 0 Å². The van der Waals surface area contributed by atoms with Crippen LogP contribution in [0.1, 0.15) is 25.2 Å². The molecule has 9 heteroatoms. The molecular weight excluding hydrogens is 382 g/mol. The van der Waals surface area contributed by atoms with Crippen molar-refractivity contribution in [2.45, 2.75) is 25.8 Å². The molecule has 1 aromatic carbocycles. The van der Waals surface area contributed by atoms with E-state index < -0.39 is 0 Å². The van der Waals surface area contributed by atoms with Crippen molar-refractivity contribution in [1.82, 2.24) is 24.1 Å². The van der Waals surface area contributed by atoms with E-state index in [2.05, 4.69) is 22.0 Å². The van der Waals surface area contributed by atoms with Crippen molar-refractivity contribution in [2.24, 2.45) is 5.92 Å². The fourth-order valence-electron chi connectivity index (χ4n) is 3.61. The van der Waals surface area contributed by atoms with Crippen LogP contribution < -0.4 is 5.56 Å². The minimum Gasteiger partial charge on any atom is -0.383 e. The van der Waals surface area contributed by atoms with Crippen molar-refractivity contribution in [3.8, 4) is 11.5 Å². The minimum absolute atomic E-state index is 0.203. The Labute approximate surface area is 164 Å². The van der Waals surface area contributed by atoms with Gasteiger partial charge in [0, 0.05) is 24.6 Å². The molecule has 0 radical (unpaired) electrons. The second-order valence-corrected chi connectivity index (χ2v) is 7.61. The van der Waals surface area contributed by atoms with Gasteiger partial charge in [0.05, 0.1) is 17.6 Å². The first-order chi connectivity index (χ1) is 13.6. The Morgan fingerprint density at radius 1 is 1.36 bits per heavy atom. The Balaban J connectivity index is 1.75. The maximum atomic E-state index is 13.3. The highest BCUT2D eigenvalue weighted by Crippen LogP contribution is 2.46. The molecule has 0 spiro atoms. The Morgan fingerprint density at radius 3 is 2.93 bits per heavy atom. The number of methoxy groups -OCH3 is 1. The van der Waals surface area contributed by atoms with Crippen molar-refractivity contribution in [1.29, 1.82) is 0 Å². The zero-order valence-electron chi connectivity index (χ0n) is 15.4. The van der Waals surface area contributed by atoms with E-state index in [1.54, 1.807) is 34.5 Å². The molecule has 144 valence electrons. The third-order valence-electron chi connectivity index (χ3n) is 5.30. The second-order valence-electron chi connectivity index (χ2n) is 7.17. The number of aromatic nitrogens is 5. The van der Waals surface area contributed by atoms with Gasteiger partial charge in [0.25, 0.3) is 5.56 Å². The van der Waals surface area contributed by atoms with Crippen molar-refractivity contribution >= 4 is 28.2 Å². The van der Waals surface area contributed by atoms with Gasteiger partial charge in [-0.3, -0.25) is 9.20 Å². The van der Waals surface area contributed by atoms with Crippen molar-refractivity contribution < 1.29 is 9.26 Å². The predicted molar refractivity (Wildman–Crippen MR) is 104 cm³/mol. The van der Waals surface area contributed by atoms with Crippen LogP contribution in [0.2, 0.25) is 5.02 Å². The maximum absolute atomic E-state index is 13.3. The first-order valence-corrected chi connectivity index (χ1v) is 9.48. The molecule has 3 heterocycles. The molecule has 1 saturated carbocycles. The van der Waals surface area contributed by atoms with Gasteiger partial charge >= 0.3 is 0 Å². The zero-order chi connectivity index (χ0) is 19.4. The fourth-order valence-corrected chi connectivity index (χ4v) is 3.77. The lowest BCUT2D eigenvalue weighted by Gasteiger charge is -2.12. The number of imidazole rings is 1. The topological polar surface area (TPSA) is 87.5 Å². The summed E-state index contributed by atoms with van der Waals surface area (Å²) in [5.41, 5.74) is 2.14. The van der Waals surface area contributed by atoms with Gasteiger partial charge in [-0.25, -0.2) is 4.98 Å². The van der Waals surface area contributed by atoms with Crippen LogP contribution in [0.15, 0.2) is 33.8 Å². The summed E-state index contributed by atoms with van der Waals surface area (Å²) in [6, 6.07) is 5.43. The highest BCUT2D eigenvalue weighted by Gasteiger charge is 2.39. The number of ether oxygens (including phenoxy) is 1. The number of halogens is 1. The van der Waals surface area contributed by atoms with Crippen molar-refractivity contribution in [3.63, 3.8) is 0 Å². The van der Waals surface area contributed by atoms with E-state index in [-0.39, 0.29) is 5.56 Å². The summed E-state index contributed by atoms with van der Waals surface area (Å²) in [5, 5.41) is 4.63. The predicted octanol–water partition coefficient (Wildman–Crippen LogP) is 3.12. The smallest absolute Gasteiger partial charge is 0.277 e. The zero-order valence-corrected chi connectivity index (χ0v) is 16.2. The van der Waals surface area contributed by atoms with Crippen molar-refractivity contribution in [2.75, 3.05) is 13.7 Å². The van der Waals surface area contributed by atoms with Crippen LogP contribution in [0.25, 0.3) is 28.1 Å². The van der Waals surface area contributed by atoms with Gasteiger partial charge in [-0.1, -0.05) is 23.7 Å². The van der Waals surface area contributed by atoms with Gasteiger partial charge in [-0.15, -0.1) is 0 Å². The van der Waals surface area contributed by atoms with Gasteiger partial charge in [0.1, 0.15) is 17.5 Å². The molecule has 0 saturated heterocycles. The number of hydrogen-bond donors (Lipinski definition) is 0. The van der Waals surface area contributed by atoms with E-state index in [0.29, 0.717) is 58.5 Å². The van der Waals surface area contributed by atoms with E-state index in [1.807, 2.05) is 6.07 Å². The third kappa shape index (κ3) is 2.63. The van der Waals surface area contributed by atoms with Gasteiger partial charge in [0.2, 0.25) is 11.7 Å². The highest BCUT2D eigenvalue weighted by atomic mass is 35.5. The van der Waals surface area contributed by atoms with Gasteiger partial charge in [-0.2, -0.15) is 4.98 Å². The number of nitrogens with zero attached hydrogens (tertiary/aromatic N) is 5.